The van der Waals surface area contributed by atoms with Gasteiger partial charge >= 0.3 is 6.18 Å². The van der Waals surface area contributed by atoms with E-state index in [0.29, 0.717) is 0 Å². The normalized spacial score (nSPS) is 14.1. The molecule has 48 valence electrons. The van der Waals surface area contributed by atoms with Gasteiger partial charge in [-0.2, -0.15) is 18.3 Å². The molecule has 0 aromatic carbocycles. The third-order valence-electron chi connectivity index (χ3n) is 0.430. The van der Waals surface area contributed by atoms with E-state index in [9.17, 15) is 13.2 Å². The summed E-state index contributed by atoms with van der Waals surface area (Å²) in [6.45, 7) is 0. The molecule has 3 nitrogen and oxygen atoms in total. The van der Waals surface area contributed by atoms with Crippen LogP contribution in [0.3, 0.4) is 0 Å². The molecule has 0 aromatic heterocycles. The van der Waals surface area contributed by atoms with Gasteiger partial charge in [0, 0.05) is 0 Å². The fourth-order valence-corrected chi connectivity index (χ4v) is 0.0732. The van der Waals surface area contributed by atoms with Crippen LogP contribution >= 0.6 is 0 Å². The molecule has 0 unspecified atom stereocenters. The van der Waals surface area contributed by atoms with Gasteiger partial charge in [0.15, 0.2) is 0 Å². The van der Waals surface area contributed by atoms with Gasteiger partial charge < -0.3 is 11.6 Å². The standard InChI is InChI=1S/C2H4F3N3/c3-2(4,5)1(6)8-7/h7H2,(H2,6,8). The first-order valence-electron chi connectivity index (χ1n) is 1.59. The Morgan fingerprint density at radius 2 is 1.75 bits per heavy atom. The first kappa shape index (κ1) is 7.06. The van der Waals surface area contributed by atoms with Crippen LogP contribution in [0, 0.1) is 0 Å². The van der Waals surface area contributed by atoms with E-state index >= 15 is 0 Å². The van der Waals surface area contributed by atoms with Gasteiger partial charge in [0.1, 0.15) is 0 Å². The Bertz CT molecular complexity index is 104. The van der Waals surface area contributed by atoms with Crippen molar-refractivity contribution in [1.29, 1.82) is 0 Å². The molecule has 0 saturated carbocycles. The smallest absolute Gasteiger partial charge is 0.378 e. The molecule has 0 spiro atoms. The van der Waals surface area contributed by atoms with Gasteiger partial charge in [-0.05, 0) is 0 Å². The molecule has 0 radical (unpaired) electrons. The number of hydrazone groups is 1. The topological polar surface area (TPSA) is 64.4 Å². The number of alkyl halides is 3. The van der Waals surface area contributed by atoms with E-state index in [0.717, 1.165) is 0 Å². The summed E-state index contributed by atoms with van der Waals surface area (Å²) >= 11 is 0. The van der Waals surface area contributed by atoms with Crippen molar-refractivity contribution in [1.82, 2.24) is 0 Å². The monoisotopic (exact) mass is 127 g/mol. The largest absolute Gasteiger partial charge is 0.450 e. The van der Waals surface area contributed by atoms with Crippen LogP contribution in [0.25, 0.3) is 0 Å². The van der Waals surface area contributed by atoms with Crippen molar-refractivity contribution >= 4 is 5.84 Å². The molecule has 0 aliphatic rings. The van der Waals surface area contributed by atoms with Gasteiger partial charge in [-0.15, -0.1) is 0 Å². The van der Waals surface area contributed by atoms with Crippen molar-refractivity contribution in [3.8, 4) is 0 Å². The van der Waals surface area contributed by atoms with Crippen molar-refractivity contribution in [2.24, 2.45) is 16.7 Å². The lowest BCUT2D eigenvalue weighted by atomic mass is 10.6. The Morgan fingerprint density at radius 3 is 1.75 bits per heavy atom. The van der Waals surface area contributed by atoms with Gasteiger partial charge in [0.25, 0.3) is 0 Å². The summed E-state index contributed by atoms with van der Waals surface area (Å²) in [6.07, 6.45) is -4.59. The number of amidine groups is 1. The quantitative estimate of drug-likeness (QED) is 0.204. The Kier molecular flexibility index (Phi) is 1.67. The molecule has 8 heavy (non-hydrogen) atoms. The molecule has 0 aliphatic heterocycles. The molecule has 0 aromatic rings. The highest BCUT2D eigenvalue weighted by Crippen LogP contribution is 2.12. The van der Waals surface area contributed by atoms with Crippen LogP contribution in [0.2, 0.25) is 0 Å². The number of rotatable bonds is 0. The van der Waals surface area contributed by atoms with E-state index in [-0.39, 0.29) is 0 Å². The zero-order valence-corrected chi connectivity index (χ0v) is 3.74. The summed E-state index contributed by atoms with van der Waals surface area (Å²) in [4.78, 5) is 0. The summed E-state index contributed by atoms with van der Waals surface area (Å²) in [5.74, 6) is 2.68. The van der Waals surface area contributed by atoms with Gasteiger partial charge in [-0.1, -0.05) is 0 Å². The molecule has 6 heteroatoms. The van der Waals surface area contributed by atoms with Crippen LogP contribution in [-0.4, -0.2) is 12.0 Å². The Hall–Kier alpha value is -0.940. The second kappa shape index (κ2) is 1.89. The average molecular weight is 127 g/mol. The number of halogens is 3. The zero-order chi connectivity index (χ0) is 6.78. The van der Waals surface area contributed by atoms with E-state index < -0.39 is 12.0 Å². The third-order valence-corrected chi connectivity index (χ3v) is 0.430. The van der Waals surface area contributed by atoms with Crippen molar-refractivity contribution in [2.75, 3.05) is 0 Å². The summed E-state index contributed by atoms with van der Waals surface area (Å²) in [5, 5.41) is 2.23. The predicted octanol–water partition coefficient (Wildman–Crippen LogP) is -0.220. The summed E-state index contributed by atoms with van der Waals surface area (Å²) < 4.78 is 33.3. The minimum atomic E-state index is -4.59. The molecule has 0 fully saturated rings. The lowest BCUT2D eigenvalue weighted by Crippen LogP contribution is -2.32. The molecule has 0 aliphatic carbocycles. The number of hydrogen-bond donors (Lipinski definition) is 2. The molecule has 4 N–H and O–H groups in total. The highest BCUT2D eigenvalue weighted by molar-refractivity contribution is 5.85. The predicted molar refractivity (Wildman–Crippen MR) is 21.9 cm³/mol. The molecular formula is C2H4F3N3. The maximum Gasteiger partial charge on any atom is 0.450 e. The first-order chi connectivity index (χ1) is 3.48. The third kappa shape index (κ3) is 1.67. The van der Waals surface area contributed by atoms with Crippen molar-refractivity contribution in [2.45, 2.75) is 6.18 Å². The molecule has 0 rings (SSSR count). The highest BCUT2D eigenvalue weighted by Gasteiger charge is 2.33. The summed E-state index contributed by atoms with van der Waals surface area (Å²) in [7, 11) is 0. The Morgan fingerprint density at radius 1 is 1.38 bits per heavy atom. The van der Waals surface area contributed by atoms with E-state index in [4.69, 9.17) is 0 Å². The van der Waals surface area contributed by atoms with Crippen LogP contribution in [0.1, 0.15) is 0 Å². The van der Waals surface area contributed by atoms with E-state index in [1.165, 1.54) is 0 Å². The molecule has 0 amide bonds. The fourth-order valence-electron chi connectivity index (χ4n) is 0.0732. The molecule has 0 bridgehead atoms. The maximum absolute atomic E-state index is 11.1. The molecule has 0 heterocycles. The highest BCUT2D eigenvalue weighted by atomic mass is 19.4. The van der Waals surface area contributed by atoms with Gasteiger partial charge in [0.05, 0.1) is 0 Å². The SMILES string of the molecule is NN=C(N)C(F)(F)F. The Balaban J connectivity index is 4.03. The summed E-state index contributed by atoms with van der Waals surface area (Å²) in [5.41, 5.74) is 4.25. The second-order valence-corrected chi connectivity index (χ2v) is 1.01. The van der Waals surface area contributed by atoms with Crippen LogP contribution in [-0.2, 0) is 0 Å². The van der Waals surface area contributed by atoms with E-state index in [1.54, 1.807) is 0 Å². The van der Waals surface area contributed by atoms with Crippen LogP contribution < -0.4 is 11.6 Å². The van der Waals surface area contributed by atoms with Crippen molar-refractivity contribution in [3.63, 3.8) is 0 Å². The molecule has 0 saturated heterocycles. The summed E-state index contributed by atoms with van der Waals surface area (Å²) in [6, 6.07) is 0. The van der Waals surface area contributed by atoms with Gasteiger partial charge in [-0.3, -0.25) is 0 Å². The maximum atomic E-state index is 11.1. The van der Waals surface area contributed by atoms with Crippen LogP contribution in [0.15, 0.2) is 5.10 Å². The van der Waals surface area contributed by atoms with Gasteiger partial charge in [0.2, 0.25) is 5.84 Å². The van der Waals surface area contributed by atoms with E-state index in [2.05, 4.69) is 16.7 Å². The number of nitrogens with zero attached hydrogens (tertiary/aromatic N) is 1. The number of hydrogen-bond acceptors (Lipinski definition) is 2. The van der Waals surface area contributed by atoms with Gasteiger partial charge in [-0.25, -0.2) is 0 Å². The van der Waals surface area contributed by atoms with Crippen molar-refractivity contribution in [3.05, 3.63) is 0 Å². The molecule has 0 atom stereocenters. The average Bonchev–Trinajstić information content (AvgIpc) is 1.62. The Labute approximate surface area is 43.1 Å². The molecular weight excluding hydrogens is 123 g/mol. The minimum absolute atomic E-state index is 1.52. The second-order valence-electron chi connectivity index (χ2n) is 1.01. The van der Waals surface area contributed by atoms with Crippen LogP contribution in [0.4, 0.5) is 13.2 Å². The van der Waals surface area contributed by atoms with Crippen LogP contribution in [0.5, 0.6) is 0 Å². The van der Waals surface area contributed by atoms with Crippen molar-refractivity contribution < 1.29 is 13.2 Å². The number of nitrogens with two attached hydrogens (primary N) is 2. The lowest BCUT2D eigenvalue weighted by Gasteiger charge is -2.00. The lowest BCUT2D eigenvalue weighted by molar-refractivity contribution is -0.0600. The minimum Gasteiger partial charge on any atom is -0.378 e. The first-order valence-corrected chi connectivity index (χ1v) is 1.59. The van der Waals surface area contributed by atoms with E-state index in [1.807, 2.05) is 0 Å². The fraction of sp³-hybridized carbons (Fsp3) is 0.500. The zero-order valence-electron chi connectivity index (χ0n) is 3.74.